The Bertz CT molecular complexity index is 138. The van der Waals surface area contributed by atoms with Gasteiger partial charge in [0, 0.05) is 6.04 Å². The van der Waals surface area contributed by atoms with Gasteiger partial charge in [-0.3, -0.25) is 4.79 Å². The summed E-state index contributed by atoms with van der Waals surface area (Å²) in [5, 5.41) is 8.72. The number of aliphatic carboxylic acids is 1. The highest BCUT2D eigenvalue weighted by molar-refractivity contribution is 5.85. The molecule has 0 aromatic carbocycles. The van der Waals surface area contributed by atoms with Crippen molar-refractivity contribution in [1.29, 1.82) is 0 Å². The zero-order valence-corrected chi connectivity index (χ0v) is 7.94. The Labute approximate surface area is 73.4 Å². The molecule has 4 heteroatoms. The third-order valence-corrected chi connectivity index (χ3v) is 2.23. The predicted molar refractivity (Wildman–Crippen MR) is 46.9 cm³/mol. The van der Waals surface area contributed by atoms with E-state index < -0.39 is 11.4 Å². The molecule has 2 atom stereocenters. The number of carboxylic acid groups (broad SMARTS) is 1. The van der Waals surface area contributed by atoms with Crippen molar-refractivity contribution >= 4 is 18.4 Å². The quantitative estimate of drug-likeness (QED) is 0.689. The van der Waals surface area contributed by atoms with Crippen LogP contribution in [0.1, 0.15) is 27.2 Å². The standard InChI is InChI=1S/C7H15NO2.ClH/c1-4-7(3,5(2)8)6(9)10;/h5H,4,8H2,1-3H3,(H,9,10);1H. The minimum atomic E-state index is -0.815. The smallest absolute Gasteiger partial charge is 0.310 e. The lowest BCUT2D eigenvalue weighted by Crippen LogP contribution is -2.42. The van der Waals surface area contributed by atoms with Crippen molar-refractivity contribution in [3.8, 4) is 0 Å². The summed E-state index contributed by atoms with van der Waals surface area (Å²) in [6.45, 7) is 5.22. The molecule has 0 aliphatic rings. The van der Waals surface area contributed by atoms with Gasteiger partial charge in [0.15, 0.2) is 0 Å². The Morgan fingerprint density at radius 2 is 2.09 bits per heavy atom. The molecule has 0 radical (unpaired) electrons. The molecule has 0 bridgehead atoms. The molecule has 3 nitrogen and oxygen atoms in total. The Balaban J connectivity index is 0. The second-order valence-corrected chi connectivity index (χ2v) is 2.86. The van der Waals surface area contributed by atoms with Crippen molar-refractivity contribution in [1.82, 2.24) is 0 Å². The highest BCUT2D eigenvalue weighted by atomic mass is 35.5. The molecule has 68 valence electrons. The maximum absolute atomic E-state index is 10.6. The molecule has 2 unspecified atom stereocenters. The van der Waals surface area contributed by atoms with Gasteiger partial charge in [0.25, 0.3) is 0 Å². The maximum atomic E-state index is 10.6. The highest BCUT2D eigenvalue weighted by Gasteiger charge is 2.34. The van der Waals surface area contributed by atoms with Crippen LogP contribution in [0.25, 0.3) is 0 Å². The van der Waals surface area contributed by atoms with Gasteiger partial charge in [0.2, 0.25) is 0 Å². The van der Waals surface area contributed by atoms with Crippen LogP contribution in [-0.4, -0.2) is 17.1 Å². The van der Waals surface area contributed by atoms with Gasteiger partial charge in [-0.2, -0.15) is 0 Å². The second-order valence-electron chi connectivity index (χ2n) is 2.86. The monoisotopic (exact) mass is 181 g/mol. The van der Waals surface area contributed by atoms with E-state index in [4.69, 9.17) is 10.8 Å². The van der Waals surface area contributed by atoms with E-state index in [1.807, 2.05) is 6.92 Å². The summed E-state index contributed by atoms with van der Waals surface area (Å²) in [7, 11) is 0. The summed E-state index contributed by atoms with van der Waals surface area (Å²) in [4.78, 5) is 10.6. The van der Waals surface area contributed by atoms with Crippen LogP contribution in [-0.2, 0) is 4.79 Å². The zero-order valence-electron chi connectivity index (χ0n) is 7.13. The van der Waals surface area contributed by atoms with Crippen LogP contribution in [0.15, 0.2) is 0 Å². The highest BCUT2D eigenvalue weighted by Crippen LogP contribution is 2.24. The minimum absolute atomic E-state index is 0. The van der Waals surface area contributed by atoms with Crippen molar-refractivity contribution in [3.63, 3.8) is 0 Å². The third-order valence-electron chi connectivity index (χ3n) is 2.23. The van der Waals surface area contributed by atoms with E-state index in [1.165, 1.54) is 0 Å². The number of rotatable bonds is 3. The molecule has 0 aliphatic heterocycles. The number of carbonyl (C=O) groups is 1. The minimum Gasteiger partial charge on any atom is -0.481 e. The van der Waals surface area contributed by atoms with Crippen molar-refractivity contribution < 1.29 is 9.90 Å². The average molecular weight is 182 g/mol. The van der Waals surface area contributed by atoms with Gasteiger partial charge in [-0.1, -0.05) is 6.92 Å². The zero-order chi connectivity index (χ0) is 8.36. The number of nitrogens with two attached hydrogens (primary N) is 1. The molecule has 3 N–H and O–H groups in total. The Hall–Kier alpha value is -0.280. The first-order chi connectivity index (χ1) is 4.45. The molecule has 0 amide bonds. The summed E-state index contributed by atoms with van der Waals surface area (Å²) >= 11 is 0. The topological polar surface area (TPSA) is 63.3 Å². The van der Waals surface area contributed by atoms with Crippen LogP contribution >= 0.6 is 12.4 Å². The summed E-state index contributed by atoms with van der Waals surface area (Å²) in [5.74, 6) is -0.815. The van der Waals surface area contributed by atoms with Crippen LogP contribution in [0, 0.1) is 5.41 Å². The van der Waals surface area contributed by atoms with Crippen molar-refractivity contribution in [2.75, 3.05) is 0 Å². The lowest BCUT2D eigenvalue weighted by molar-refractivity contribution is -0.149. The normalized spacial score (nSPS) is 17.8. The average Bonchev–Trinajstić information content (AvgIpc) is 1.85. The van der Waals surface area contributed by atoms with E-state index in [9.17, 15) is 4.79 Å². The molecular weight excluding hydrogens is 166 g/mol. The molecule has 0 aromatic rings. The maximum Gasteiger partial charge on any atom is 0.310 e. The molecule has 0 aliphatic carbocycles. The first kappa shape index (κ1) is 13.3. The van der Waals surface area contributed by atoms with Crippen LogP contribution in [0.5, 0.6) is 0 Å². The molecule has 0 spiro atoms. The molecule has 0 saturated carbocycles. The van der Waals surface area contributed by atoms with Gasteiger partial charge >= 0.3 is 5.97 Å². The second kappa shape index (κ2) is 4.57. The summed E-state index contributed by atoms with van der Waals surface area (Å²) in [5.41, 5.74) is 4.74. The van der Waals surface area contributed by atoms with E-state index in [-0.39, 0.29) is 18.4 Å². The molecule has 0 rings (SSSR count). The largest absolute Gasteiger partial charge is 0.481 e. The van der Waals surface area contributed by atoms with E-state index in [1.54, 1.807) is 13.8 Å². The molecule has 0 heterocycles. The predicted octanol–water partition coefficient (Wildman–Crippen LogP) is 1.26. The van der Waals surface area contributed by atoms with Crippen LogP contribution < -0.4 is 5.73 Å². The number of halogens is 1. The van der Waals surface area contributed by atoms with Crippen LogP contribution in [0.3, 0.4) is 0 Å². The number of hydrogen-bond donors (Lipinski definition) is 2. The van der Waals surface area contributed by atoms with Crippen LogP contribution in [0.4, 0.5) is 0 Å². The fraction of sp³-hybridized carbons (Fsp3) is 0.857. The number of carboxylic acids is 1. The van der Waals surface area contributed by atoms with Gasteiger partial charge in [0.1, 0.15) is 0 Å². The fourth-order valence-corrected chi connectivity index (χ4v) is 0.668. The van der Waals surface area contributed by atoms with Crippen molar-refractivity contribution in [2.45, 2.75) is 33.2 Å². The lowest BCUT2D eigenvalue weighted by atomic mass is 9.81. The summed E-state index contributed by atoms with van der Waals surface area (Å²) in [6, 6.07) is -0.296. The van der Waals surface area contributed by atoms with E-state index in [0.29, 0.717) is 6.42 Å². The number of hydrogen-bond acceptors (Lipinski definition) is 2. The lowest BCUT2D eigenvalue weighted by Gasteiger charge is -2.26. The molecule has 0 fully saturated rings. The van der Waals surface area contributed by atoms with Gasteiger partial charge in [0.05, 0.1) is 5.41 Å². The van der Waals surface area contributed by atoms with Crippen molar-refractivity contribution in [2.24, 2.45) is 11.1 Å². The summed E-state index contributed by atoms with van der Waals surface area (Å²) < 4.78 is 0. The molecule has 11 heavy (non-hydrogen) atoms. The third kappa shape index (κ3) is 2.67. The molecular formula is C7H16ClNO2. The first-order valence-corrected chi connectivity index (χ1v) is 3.44. The molecule has 0 saturated heterocycles. The first-order valence-electron chi connectivity index (χ1n) is 3.44. The molecule has 0 aromatic heterocycles. The van der Waals surface area contributed by atoms with Crippen molar-refractivity contribution in [3.05, 3.63) is 0 Å². The van der Waals surface area contributed by atoms with Gasteiger partial charge in [-0.25, -0.2) is 0 Å². The fourth-order valence-electron chi connectivity index (χ4n) is 0.668. The summed E-state index contributed by atoms with van der Waals surface area (Å²) in [6.07, 6.45) is 0.569. The van der Waals surface area contributed by atoms with Gasteiger partial charge in [-0.05, 0) is 20.3 Å². The van der Waals surface area contributed by atoms with Gasteiger partial charge in [-0.15, -0.1) is 12.4 Å². The van der Waals surface area contributed by atoms with Crippen LogP contribution in [0.2, 0.25) is 0 Å². The van der Waals surface area contributed by atoms with E-state index in [2.05, 4.69) is 0 Å². The van der Waals surface area contributed by atoms with E-state index in [0.717, 1.165) is 0 Å². The SMILES string of the molecule is CCC(C)(C(=O)O)C(C)N.Cl. The Kier molecular flexibility index (Phi) is 5.53. The Morgan fingerprint density at radius 3 is 2.09 bits per heavy atom. The van der Waals surface area contributed by atoms with E-state index >= 15 is 0 Å². The van der Waals surface area contributed by atoms with Gasteiger partial charge < -0.3 is 10.8 Å². The Morgan fingerprint density at radius 1 is 1.73 bits per heavy atom.